The minimum atomic E-state index is -0.506. The van der Waals surface area contributed by atoms with Gasteiger partial charge in [0.05, 0.1) is 23.0 Å². The molecule has 0 bridgehead atoms. The molecule has 4 rings (SSSR count). The number of aromatic nitrogens is 1. The molecule has 0 saturated heterocycles. The predicted octanol–water partition coefficient (Wildman–Crippen LogP) is 5.98. The highest BCUT2D eigenvalue weighted by atomic mass is 127. The molecular formula is C31H32IN3O7. The first kappa shape index (κ1) is 30.7. The van der Waals surface area contributed by atoms with E-state index in [0.717, 1.165) is 17.1 Å². The molecule has 42 heavy (non-hydrogen) atoms. The average Bonchev–Trinajstić information content (AvgIpc) is 3.58. The molecule has 2 heterocycles. The quantitative estimate of drug-likeness (QED) is 0.0798. The van der Waals surface area contributed by atoms with Crippen molar-refractivity contribution in [2.45, 2.75) is 34.3 Å². The largest absolute Gasteiger partial charge is 0.490 e. The summed E-state index contributed by atoms with van der Waals surface area (Å²) in [5.41, 5.74) is 6.50. The van der Waals surface area contributed by atoms with Crippen molar-refractivity contribution in [3.8, 4) is 22.9 Å². The molecule has 2 aromatic heterocycles. The number of ether oxygens (including phenoxy) is 4. The molecule has 4 aromatic rings. The third-order valence-corrected chi connectivity index (χ3v) is 6.78. The number of hydrogen-bond acceptors (Lipinski definition) is 8. The fraction of sp³-hybridized carbons (Fsp3) is 0.258. The van der Waals surface area contributed by atoms with Crippen LogP contribution in [0.2, 0.25) is 0 Å². The monoisotopic (exact) mass is 685 g/mol. The van der Waals surface area contributed by atoms with E-state index in [2.05, 4.69) is 63.7 Å². The number of carbonyl (C=O) groups excluding carboxylic acids is 2. The van der Waals surface area contributed by atoms with E-state index in [-0.39, 0.29) is 25.6 Å². The second kappa shape index (κ2) is 14.6. The van der Waals surface area contributed by atoms with Crippen molar-refractivity contribution in [3.05, 3.63) is 92.7 Å². The van der Waals surface area contributed by atoms with Gasteiger partial charge in [-0.2, -0.15) is 5.10 Å². The molecule has 220 valence electrons. The number of halogens is 1. The van der Waals surface area contributed by atoms with Crippen LogP contribution in [0.3, 0.4) is 0 Å². The molecule has 0 fully saturated rings. The molecule has 0 aliphatic heterocycles. The molecule has 0 aliphatic rings. The lowest BCUT2D eigenvalue weighted by Gasteiger charge is -2.14. The van der Waals surface area contributed by atoms with Gasteiger partial charge in [-0.05, 0) is 117 Å². The third kappa shape index (κ3) is 7.93. The van der Waals surface area contributed by atoms with Crippen LogP contribution in [0.5, 0.6) is 17.2 Å². The maximum atomic E-state index is 12.6. The summed E-state index contributed by atoms with van der Waals surface area (Å²) >= 11 is 2.08. The lowest BCUT2D eigenvalue weighted by Crippen LogP contribution is -2.17. The Balaban J connectivity index is 1.32. The topological polar surface area (TPSA) is 114 Å². The van der Waals surface area contributed by atoms with E-state index in [4.69, 9.17) is 23.4 Å². The summed E-state index contributed by atoms with van der Waals surface area (Å²) in [7, 11) is 0. The second-order valence-electron chi connectivity index (χ2n) is 9.06. The van der Waals surface area contributed by atoms with Crippen LogP contribution in [0.25, 0.3) is 5.69 Å². The molecule has 1 amide bonds. The van der Waals surface area contributed by atoms with E-state index >= 15 is 0 Å². The summed E-state index contributed by atoms with van der Waals surface area (Å²) in [6, 6.07) is 18.7. The maximum absolute atomic E-state index is 12.6. The van der Waals surface area contributed by atoms with E-state index in [9.17, 15) is 9.59 Å². The zero-order chi connectivity index (χ0) is 30.1. The third-order valence-electron chi connectivity index (χ3n) is 5.98. The number of benzene rings is 2. The second-order valence-corrected chi connectivity index (χ2v) is 10.2. The van der Waals surface area contributed by atoms with Gasteiger partial charge in [-0.15, -0.1) is 0 Å². The van der Waals surface area contributed by atoms with Crippen molar-refractivity contribution in [2.75, 3.05) is 19.8 Å². The lowest BCUT2D eigenvalue weighted by molar-refractivity contribution is -0.145. The molecule has 0 atom stereocenters. The normalized spacial score (nSPS) is 11.0. The van der Waals surface area contributed by atoms with Gasteiger partial charge in [0.15, 0.2) is 23.9 Å². The highest BCUT2D eigenvalue weighted by molar-refractivity contribution is 14.1. The summed E-state index contributed by atoms with van der Waals surface area (Å²) in [6.45, 7) is 8.31. The maximum Gasteiger partial charge on any atom is 0.344 e. The van der Waals surface area contributed by atoms with Gasteiger partial charge < -0.3 is 27.9 Å². The van der Waals surface area contributed by atoms with E-state index < -0.39 is 11.9 Å². The van der Waals surface area contributed by atoms with Gasteiger partial charge in [-0.3, -0.25) is 4.79 Å². The highest BCUT2D eigenvalue weighted by Gasteiger charge is 2.15. The standard InChI is InChI=1S/C31H32IN3O7/c1-5-38-28-16-22(15-26(32)30(28)41-19-29(36)39-6-2)17-33-34-31(37)27-14-13-25(42-27)18-40-24-11-9-23(10-12-24)35-20(3)7-8-21(35)4/h7-17H,5-6,18-19H2,1-4H3,(H,34,37)/b33-17+. The van der Waals surface area contributed by atoms with Gasteiger partial charge in [0, 0.05) is 17.1 Å². The Hall–Kier alpha value is -4.26. The molecule has 0 radical (unpaired) electrons. The number of aryl methyl sites for hydroxylation is 2. The van der Waals surface area contributed by atoms with E-state index in [0.29, 0.717) is 38.7 Å². The fourth-order valence-corrected chi connectivity index (χ4v) is 4.90. The molecule has 1 N–H and O–H groups in total. The predicted molar refractivity (Wildman–Crippen MR) is 166 cm³/mol. The molecular weight excluding hydrogens is 653 g/mol. The van der Waals surface area contributed by atoms with Crippen LogP contribution in [0.1, 0.15) is 47.1 Å². The Bertz CT molecular complexity index is 1540. The number of rotatable bonds is 13. The van der Waals surface area contributed by atoms with Gasteiger partial charge in [0.25, 0.3) is 0 Å². The highest BCUT2D eigenvalue weighted by Crippen LogP contribution is 2.34. The summed E-state index contributed by atoms with van der Waals surface area (Å²) in [6.07, 6.45) is 1.48. The van der Waals surface area contributed by atoms with Gasteiger partial charge >= 0.3 is 11.9 Å². The smallest absolute Gasteiger partial charge is 0.344 e. The summed E-state index contributed by atoms with van der Waals surface area (Å²) in [5.74, 6) is 1.19. The first-order valence-electron chi connectivity index (χ1n) is 13.3. The summed E-state index contributed by atoms with van der Waals surface area (Å²) in [5, 5.41) is 4.04. The SMILES string of the molecule is CCOC(=O)COc1c(I)cc(/C=N/NC(=O)c2ccc(COc3ccc(-n4c(C)ccc4C)cc3)o2)cc1OCC. The molecule has 0 spiro atoms. The van der Waals surface area contributed by atoms with E-state index in [1.807, 2.05) is 31.2 Å². The number of nitrogens with zero attached hydrogens (tertiary/aromatic N) is 2. The van der Waals surface area contributed by atoms with Crippen LogP contribution < -0.4 is 19.6 Å². The number of hydrogen-bond donors (Lipinski definition) is 1. The number of hydrazone groups is 1. The van der Waals surface area contributed by atoms with Gasteiger partial charge in [0.2, 0.25) is 0 Å². The van der Waals surface area contributed by atoms with Crippen molar-refractivity contribution < 1.29 is 33.0 Å². The average molecular weight is 686 g/mol. The molecule has 0 unspecified atom stereocenters. The minimum Gasteiger partial charge on any atom is -0.490 e. The molecule has 2 aromatic carbocycles. The molecule has 10 nitrogen and oxygen atoms in total. The first-order chi connectivity index (χ1) is 20.3. The number of nitrogens with one attached hydrogen (secondary N) is 1. The Kier molecular flexibility index (Phi) is 10.7. The Morgan fingerprint density at radius 1 is 0.952 bits per heavy atom. The summed E-state index contributed by atoms with van der Waals surface area (Å²) in [4.78, 5) is 24.3. The van der Waals surface area contributed by atoms with Crippen molar-refractivity contribution in [3.63, 3.8) is 0 Å². The van der Waals surface area contributed by atoms with Crippen molar-refractivity contribution >= 4 is 40.7 Å². The molecule has 0 saturated carbocycles. The Labute approximate surface area is 257 Å². The Morgan fingerprint density at radius 3 is 2.38 bits per heavy atom. The Morgan fingerprint density at radius 2 is 1.69 bits per heavy atom. The lowest BCUT2D eigenvalue weighted by atomic mass is 10.2. The number of furan rings is 1. The zero-order valence-corrected chi connectivity index (χ0v) is 26.0. The van der Waals surface area contributed by atoms with Gasteiger partial charge in [-0.25, -0.2) is 10.2 Å². The number of amides is 1. The first-order valence-corrected chi connectivity index (χ1v) is 14.4. The summed E-state index contributed by atoms with van der Waals surface area (Å²) < 4.78 is 30.6. The number of esters is 1. The number of carbonyl (C=O) groups is 2. The fourth-order valence-electron chi connectivity index (χ4n) is 4.12. The van der Waals surface area contributed by atoms with Crippen LogP contribution in [0.15, 0.2) is 70.2 Å². The van der Waals surface area contributed by atoms with Gasteiger partial charge in [-0.1, -0.05) is 0 Å². The zero-order valence-electron chi connectivity index (χ0n) is 23.8. The van der Waals surface area contributed by atoms with Crippen LogP contribution >= 0.6 is 22.6 Å². The van der Waals surface area contributed by atoms with Gasteiger partial charge in [0.1, 0.15) is 18.1 Å². The van der Waals surface area contributed by atoms with Crippen molar-refractivity contribution in [2.24, 2.45) is 5.10 Å². The molecule has 11 heteroatoms. The molecule has 0 aliphatic carbocycles. The van der Waals surface area contributed by atoms with Crippen LogP contribution in [0, 0.1) is 17.4 Å². The van der Waals surface area contributed by atoms with Crippen molar-refractivity contribution in [1.29, 1.82) is 0 Å². The van der Waals surface area contributed by atoms with Crippen LogP contribution in [0.4, 0.5) is 0 Å². The minimum absolute atomic E-state index is 0.104. The van der Waals surface area contributed by atoms with E-state index in [1.165, 1.54) is 6.21 Å². The van der Waals surface area contributed by atoms with E-state index in [1.54, 1.807) is 31.2 Å². The van der Waals surface area contributed by atoms with Crippen molar-refractivity contribution in [1.82, 2.24) is 9.99 Å². The van der Waals surface area contributed by atoms with Crippen LogP contribution in [-0.4, -0.2) is 42.5 Å². The van der Waals surface area contributed by atoms with Crippen LogP contribution in [-0.2, 0) is 16.1 Å².